The van der Waals surface area contributed by atoms with Crippen LogP contribution in [0.3, 0.4) is 0 Å². The van der Waals surface area contributed by atoms with Gasteiger partial charge in [0.1, 0.15) is 11.0 Å². The van der Waals surface area contributed by atoms with E-state index in [1.165, 1.54) is 12.8 Å². The van der Waals surface area contributed by atoms with Gasteiger partial charge in [-0.05, 0) is 37.8 Å². The van der Waals surface area contributed by atoms with Crippen LogP contribution in [0.15, 0.2) is 12.1 Å². The van der Waals surface area contributed by atoms with Gasteiger partial charge >= 0.3 is 0 Å². The molecule has 1 aromatic heterocycles. The molecule has 1 saturated carbocycles. The van der Waals surface area contributed by atoms with E-state index in [0.717, 1.165) is 0 Å². The minimum absolute atomic E-state index is 0.0600. The highest BCUT2D eigenvalue weighted by molar-refractivity contribution is 6.29. The molecule has 0 radical (unpaired) electrons. The number of rotatable bonds is 4. The standard InChI is InChI=1S/C12H17ClN4O/c1-7(8-3-4-8)17(2)12(18)9-5-10(13)15-11(6-9)16-14/h5-8H,3-4,14H2,1-2H3,(H,15,16). The summed E-state index contributed by atoms with van der Waals surface area (Å²) in [5.74, 6) is 6.24. The van der Waals surface area contributed by atoms with Crippen LogP contribution in [0.4, 0.5) is 5.82 Å². The summed E-state index contributed by atoms with van der Waals surface area (Å²) in [7, 11) is 1.81. The Balaban J connectivity index is 2.19. The quantitative estimate of drug-likeness (QED) is 0.497. The fourth-order valence-electron chi connectivity index (χ4n) is 1.98. The molecule has 1 heterocycles. The first-order valence-electron chi connectivity index (χ1n) is 5.94. The molecular weight excluding hydrogens is 252 g/mol. The van der Waals surface area contributed by atoms with E-state index >= 15 is 0 Å². The molecule has 0 aliphatic heterocycles. The number of nitrogens with zero attached hydrogens (tertiary/aromatic N) is 2. The Hall–Kier alpha value is -1.33. The highest BCUT2D eigenvalue weighted by Crippen LogP contribution is 2.35. The molecule has 6 heteroatoms. The van der Waals surface area contributed by atoms with Crippen molar-refractivity contribution in [3.05, 3.63) is 22.8 Å². The molecule has 98 valence electrons. The number of nitrogens with one attached hydrogen (secondary N) is 1. The van der Waals surface area contributed by atoms with E-state index in [-0.39, 0.29) is 17.1 Å². The first-order chi connectivity index (χ1) is 8.52. The van der Waals surface area contributed by atoms with E-state index in [1.54, 1.807) is 17.0 Å². The Bertz CT molecular complexity index is 461. The van der Waals surface area contributed by atoms with Gasteiger partial charge in [0.05, 0.1) is 0 Å². The van der Waals surface area contributed by atoms with Crippen LogP contribution in [0.2, 0.25) is 5.15 Å². The molecule has 1 aliphatic rings. The van der Waals surface area contributed by atoms with Crippen molar-refractivity contribution in [2.45, 2.75) is 25.8 Å². The third-order valence-electron chi connectivity index (χ3n) is 3.42. The molecule has 1 aliphatic carbocycles. The molecule has 1 unspecified atom stereocenters. The second-order valence-corrected chi connectivity index (χ2v) is 5.09. The minimum Gasteiger partial charge on any atom is -0.339 e. The minimum atomic E-state index is -0.0600. The molecular formula is C12H17ClN4O. The number of hydrogen-bond acceptors (Lipinski definition) is 4. The zero-order valence-corrected chi connectivity index (χ0v) is 11.2. The summed E-state index contributed by atoms with van der Waals surface area (Å²) in [6.45, 7) is 2.07. The van der Waals surface area contributed by atoms with Crippen LogP contribution in [0.1, 0.15) is 30.1 Å². The maximum absolute atomic E-state index is 12.3. The average molecular weight is 269 g/mol. The van der Waals surface area contributed by atoms with Gasteiger partial charge in [0.15, 0.2) is 0 Å². The zero-order valence-electron chi connectivity index (χ0n) is 10.5. The summed E-state index contributed by atoms with van der Waals surface area (Å²) < 4.78 is 0. The normalized spacial score (nSPS) is 16.2. The second-order valence-electron chi connectivity index (χ2n) is 4.70. The lowest BCUT2D eigenvalue weighted by Gasteiger charge is -2.25. The highest BCUT2D eigenvalue weighted by atomic mass is 35.5. The fraction of sp³-hybridized carbons (Fsp3) is 0.500. The van der Waals surface area contributed by atoms with Gasteiger partial charge in [-0.25, -0.2) is 10.8 Å². The number of carbonyl (C=O) groups is 1. The SMILES string of the molecule is CC(C1CC1)N(C)C(=O)c1cc(Cl)nc(NN)c1. The number of halogens is 1. The summed E-state index contributed by atoms with van der Waals surface area (Å²) in [4.78, 5) is 18.0. The predicted molar refractivity (Wildman–Crippen MR) is 71.3 cm³/mol. The molecule has 5 nitrogen and oxygen atoms in total. The van der Waals surface area contributed by atoms with Gasteiger partial charge in [0.2, 0.25) is 0 Å². The second kappa shape index (κ2) is 5.12. The van der Waals surface area contributed by atoms with Gasteiger partial charge in [-0.3, -0.25) is 4.79 Å². The van der Waals surface area contributed by atoms with Gasteiger partial charge in [-0.1, -0.05) is 11.6 Å². The van der Waals surface area contributed by atoms with Crippen LogP contribution in [0.5, 0.6) is 0 Å². The lowest BCUT2D eigenvalue weighted by molar-refractivity contribution is 0.0727. The van der Waals surface area contributed by atoms with E-state index in [2.05, 4.69) is 17.3 Å². The molecule has 0 saturated heterocycles. The third-order valence-corrected chi connectivity index (χ3v) is 3.62. The molecule has 1 fully saturated rings. The Labute approximate surface area is 111 Å². The summed E-state index contributed by atoms with van der Waals surface area (Å²) in [6, 6.07) is 3.41. The molecule has 0 bridgehead atoms. The van der Waals surface area contributed by atoms with E-state index in [1.807, 2.05) is 7.05 Å². The smallest absolute Gasteiger partial charge is 0.254 e. The van der Waals surface area contributed by atoms with E-state index < -0.39 is 0 Å². The van der Waals surface area contributed by atoms with Crippen molar-refractivity contribution in [3.8, 4) is 0 Å². The summed E-state index contributed by atoms with van der Waals surface area (Å²) in [6.07, 6.45) is 2.40. The van der Waals surface area contributed by atoms with Crippen LogP contribution in [0, 0.1) is 5.92 Å². The van der Waals surface area contributed by atoms with Gasteiger partial charge < -0.3 is 10.3 Å². The summed E-state index contributed by atoms with van der Waals surface area (Å²) in [5.41, 5.74) is 2.90. The maximum atomic E-state index is 12.3. The molecule has 3 N–H and O–H groups in total. The fourth-order valence-corrected chi connectivity index (χ4v) is 2.19. The van der Waals surface area contributed by atoms with E-state index in [4.69, 9.17) is 17.4 Å². The third kappa shape index (κ3) is 2.73. The Morgan fingerprint density at radius 1 is 1.61 bits per heavy atom. The van der Waals surface area contributed by atoms with Crippen molar-refractivity contribution >= 4 is 23.3 Å². The number of anilines is 1. The number of amides is 1. The maximum Gasteiger partial charge on any atom is 0.254 e. The van der Waals surface area contributed by atoms with Gasteiger partial charge in [-0.15, -0.1) is 0 Å². The molecule has 1 amide bonds. The Morgan fingerprint density at radius 3 is 2.83 bits per heavy atom. The van der Waals surface area contributed by atoms with E-state index in [0.29, 0.717) is 17.3 Å². The number of pyridine rings is 1. The molecule has 1 aromatic rings. The number of carbonyl (C=O) groups excluding carboxylic acids is 1. The zero-order chi connectivity index (χ0) is 13.3. The van der Waals surface area contributed by atoms with E-state index in [9.17, 15) is 4.79 Å². The number of nitrogens with two attached hydrogens (primary N) is 1. The highest BCUT2D eigenvalue weighted by Gasteiger charge is 2.32. The number of nitrogen functional groups attached to an aromatic ring is 1. The average Bonchev–Trinajstić information content (AvgIpc) is 3.19. The van der Waals surface area contributed by atoms with Crippen LogP contribution in [-0.2, 0) is 0 Å². The number of hydrazine groups is 1. The first-order valence-corrected chi connectivity index (χ1v) is 6.32. The molecule has 0 aromatic carbocycles. The predicted octanol–water partition coefficient (Wildman–Crippen LogP) is 1.89. The largest absolute Gasteiger partial charge is 0.339 e. The molecule has 0 spiro atoms. The van der Waals surface area contributed by atoms with Crippen molar-refractivity contribution < 1.29 is 4.79 Å². The number of aromatic nitrogens is 1. The summed E-state index contributed by atoms with van der Waals surface area (Å²) in [5, 5.41) is 0.251. The monoisotopic (exact) mass is 268 g/mol. The van der Waals surface area contributed by atoms with Gasteiger partial charge in [0.25, 0.3) is 5.91 Å². The lowest BCUT2D eigenvalue weighted by Crippen LogP contribution is -2.36. The van der Waals surface area contributed by atoms with Crippen LogP contribution < -0.4 is 11.3 Å². The lowest BCUT2D eigenvalue weighted by atomic mass is 10.1. The summed E-state index contributed by atoms with van der Waals surface area (Å²) >= 11 is 5.85. The molecule has 18 heavy (non-hydrogen) atoms. The van der Waals surface area contributed by atoms with Crippen LogP contribution in [-0.4, -0.2) is 28.9 Å². The van der Waals surface area contributed by atoms with Crippen LogP contribution >= 0.6 is 11.6 Å². The molecule has 1 atom stereocenters. The van der Waals surface area contributed by atoms with Gasteiger partial charge in [-0.2, -0.15) is 0 Å². The molecule has 2 rings (SSSR count). The van der Waals surface area contributed by atoms with Crippen molar-refractivity contribution in [2.24, 2.45) is 11.8 Å². The van der Waals surface area contributed by atoms with Crippen molar-refractivity contribution in [2.75, 3.05) is 12.5 Å². The van der Waals surface area contributed by atoms with Crippen LogP contribution in [0.25, 0.3) is 0 Å². The first kappa shape index (κ1) is 13.1. The van der Waals surface area contributed by atoms with Crippen molar-refractivity contribution in [1.29, 1.82) is 0 Å². The van der Waals surface area contributed by atoms with Crippen molar-refractivity contribution in [3.63, 3.8) is 0 Å². The Morgan fingerprint density at radius 2 is 2.28 bits per heavy atom. The Kier molecular flexibility index (Phi) is 3.73. The number of hydrogen-bond donors (Lipinski definition) is 2. The van der Waals surface area contributed by atoms with Gasteiger partial charge in [0, 0.05) is 18.7 Å². The topological polar surface area (TPSA) is 71.2 Å². The van der Waals surface area contributed by atoms with Crippen molar-refractivity contribution in [1.82, 2.24) is 9.88 Å².